The summed E-state index contributed by atoms with van der Waals surface area (Å²) in [7, 11) is 1.71. The van der Waals surface area contributed by atoms with Crippen molar-refractivity contribution in [2.75, 3.05) is 13.6 Å². The van der Waals surface area contributed by atoms with E-state index >= 15 is 0 Å². The molecule has 1 unspecified atom stereocenters. The minimum absolute atomic E-state index is 0.382. The van der Waals surface area contributed by atoms with Gasteiger partial charge in [-0.1, -0.05) is 36.4 Å². The van der Waals surface area contributed by atoms with Crippen molar-refractivity contribution in [1.29, 1.82) is 0 Å². The lowest BCUT2D eigenvalue weighted by atomic mass is 10.2. The minimum Gasteiger partial charge on any atom is -0.459 e. The normalized spacial score (nSPS) is 13.2. The number of hydrogen-bond donors (Lipinski definition) is 3. The number of fused-ring (bicyclic) bond motifs is 2. The van der Waals surface area contributed by atoms with Crippen molar-refractivity contribution in [3.63, 3.8) is 0 Å². The number of nitrogens with one attached hydrogen (secondary N) is 2. The number of aliphatic hydroxyl groups excluding tert-OH is 1. The molecule has 0 amide bonds. The Morgan fingerprint density at radius 1 is 1.07 bits per heavy atom. The van der Waals surface area contributed by atoms with Gasteiger partial charge in [-0.3, -0.25) is 4.99 Å². The Bertz CT molecular complexity index is 1020. The summed E-state index contributed by atoms with van der Waals surface area (Å²) in [5.74, 6) is 1.46. The smallest absolute Gasteiger partial charge is 0.191 e. The summed E-state index contributed by atoms with van der Waals surface area (Å²) in [5.41, 5.74) is 0.873. The highest BCUT2D eigenvalue weighted by Crippen LogP contribution is 2.29. The van der Waals surface area contributed by atoms with E-state index in [2.05, 4.69) is 27.8 Å². The number of rotatable bonds is 5. The van der Waals surface area contributed by atoms with Crippen LogP contribution in [-0.4, -0.2) is 24.7 Å². The van der Waals surface area contributed by atoms with Crippen LogP contribution < -0.4 is 10.6 Å². The molecule has 0 spiro atoms. The molecular weight excluding hydrogens is 358 g/mol. The Hall–Kier alpha value is -2.83. The molecule has 4 aromatic rings. The Kier molecular flexibility index (Phi) is 5.09. The number of aliphatic imine (C=N–C) groups is 1. The second-order valence-electron chi connectivity index (χ2n) is 6.26. The maximum absolute atomic E-state index is 10.5. The first kappa shape index (κ1) is 17.6. The van der Waals surface area contributed by atoms with Crippen LogP contribution >= 0.6 is 11.3 Å². The molecule has 0 radical (unpaired) electrons. The molecule has 27 heavy (non-hydrogen) atoms. The number of para-hydroxylation sites is 1. The zero-order valence-corrected chi connectivity index (χ0v) is 15.8. The lowest BCUT2D eigenvalue weighted by Gasteiger charge is -2.14. The second kappa shape index (κ2) is 7.82. The summed E-state index contributed by atoms with van der Waals surface area (Å²) in [6.07, 6.45) is -0.591. The molecule has 2 aromatic heterocycles. The largest absolute Gasteiger partial charge is 0.459 e. The SMILES string of the molecule is CN=C(NCc1cc2ccccc2o1)NCC(O)c1cc2ccccc2s1. The summed E-state index contributed by atoms with van der Waals surface area (Å²) in [5, 5.41) is 19.1. The molecule has 0 bridgehead atoms. The lowest BCUT2D eigenvalue weighted by molar-refractivity contribution is 0.184. The van der Waals surface area contributed by atoms with Gasteiger partial charge in [0.1, 0.15) is 17.4 Å². The van der Waals surface area contributed by atoms with E-state index in [0.717, 1.165) is 27.0 Å². The Labute approximate surface area is 161 Å². The zero-order valence-electron chi connectivity index (χ0n) is 15.0. The summed E-state index contributed by atoms with van der Waals surface area (Å²) in [4.78, 5) is 5.15. The van der Waals surface area contributed by atoms with Gasteiger partial charge in [0.05, 0.1) is 6.54 Å². The van der Waals surface area contributed by atoms with Crippen molar-refractivity contribution >= 4 is 38.4 Å². The number of thiophene rings is 1. The van der Waals surface area contributed by atoms with Crippen molar-refractivity contribution in [2.24, 2.45) is 4.99 Å². The van der Waals surface area contributed by atoms with E-state index in [1.165, 1.54) is 4.70 Å². The summed E-state index contributed by atoms with van der Waals surface area (Å²) < 4.78 is 6.98. The fourth-order valence-corrected chi connectivity index (χ4v) is 4.03. The van der Waals surface area contributed by atoms with E-state index in [1.54, 1.807) is 18.4 Å². The zero-order chi connectivity index (χ0) is 18.6. The summed E-state index contributed by atoms with van der Waals surface area (Å²) >= 11 is 1.61. The van der Waals surface area contributed by atoms with Crippen molar-refractivity contribution in [3.05, 3.63) is 71.3 Å². The van der Waals surface area contributed by atoms with Crippen LogP contribution in [0.25, 0.3) is 21.1 Å². The van der Waals surface area contributed by atoms with Gasteiger partial charge < -0.3 is 20.2 Å². The molecular formula is C21H21N3O2S. The van der Waals surface area contributed by atoms with Gasteiger partial charge in [0.2, 0.25) is 0 Å². The topological polar surface area (TPSA) is 69.8 Å². The highest BCUT2D eigenvalue weighted by molar-refractivity contribution is 7.19. The monoisotopic (exact) mass is 379 g/mol. The third-order valence-corrected chi connectivity index (χ3v) is 5.58. The molecule has 0 saturated heterocycles. The Balaban J connectivity index is 1.34. The number of furan rings is 1. The van der Waals surface area contributed by atoms with Crippen LogP contribution in [0.15, 0.2) is 70.1 Å². The van der Waals surface area contributed by atoms with Crippen LogP contribution in [0.4, 0.5) is 0 Å². The molecule has 5 nitrogen and oxygen atoms in total. The van der Waals surface area contributed by atoms with Crippen LogP contribution in [0, 0.1) is 0 Å². The highest BCUT2D eigenvalue weighted by atomic mass is 32.1. The molecule has 0 aliphatic carbocycles. The molecule has 2 aromatic carbocycles. The fourth-order valence-electron chi connectivity index (χ4n) is 2.98. The predicted molar refractivity (Wildman–Crippen MR) is 111 cm³/mol. The van der Waals surface area contributed by atoms with Crippen molar-refractivity contribution < 1.29 is 9.52 Å². The van der Waals surface area contributed by atoms with Gasteiger partial charge in [-0.15, -0.1) is 11.3 Å². The van der Waals surface area contributed by atoms with Gasteiger partial charge in [-0.05, 0) is 29.7 Å². The summed E-state index contributed by atoms with van der Waals surface area (Å²) in [6.45, 7) is 0.903. The van der Waals surface area contributed by atoms with E-state index < -0.39 is 6.10 Å². The van der Waals surface area contributed by atoms with Gasteiger partial charge in [0.15, 0.2) is 5.96 Å². The van der Waals surface area contributed by atoms with Gasteiger partial charge in [0.25, 0.3) is 0 Å². The Morgan fingerprint density at radius 2 is 1.85 bits per heavy atom. The molecule has 0 aliphatic rings. The van der Waals surface area contributed by atoms with Crippen molar-refractivity contribution in [1.82, 2.24) is 10.6 Å². The van der Waals surface area contributed by atoms with E-state index in [4.69, 9.17) is 4.42 Å². The molecule has 0 aliphatic heterocycles. The molecule has 0 fully saturated rings. The lowest BCUT2D eigenvalue weighted by Crippen LogP contribution is -2.38. The number of hydrogen-bond acceptors (Lipinski definition) is 4. The second-order valence-corrected chi connectivity index (χ2v) is 7.37. The molecule has 6 heteroatoms. The number of benzene rings is 2. The van der Waals surface area contributed by atoms with E-state index in [9.17, 15) is 5.11 Å². The average molecular weight is 379 g/mol. The van der Waals surface area contributed by atoms with Gasteiger partial charge in [-0.25, -0.2) is 0 Å². The van der Waals surface area contributed by atoms with Crippen molar-refractivity contribution in [3.8, 4) is 0 Å². The first-order valence-corrected chi connectivity index (χ1v) is 9.63. The standard InChI is InChI=1S/C21H21N3O2S/c1-22-21(23-12-16-10-14-6-2-4-8-18(14)26-16)24-13-17(25)20-11-15-7-3-5-9-19(15)27-20/h2-11,17,25H,12-13H2,1H3,(H2,22,23,24). The van der Waals surface area contributed by atoms with Gasteiger partial charge in [-0.2, -0.15) is 0 Å². The predicted octanol–water partition coefficient (Wildman–Crippen LogP) is 4.05. The average Bonchev–Trinajstić information content (AvgIpc) is 3.31. The third-order valence-electron chi connectivity index (χ3n) is 4.37. The van der Waals surface area contributed by atoms with Gasteiger partial charge >= 0.3 is 0 Å². The minimum atomic E-state index is -0.591. The quantitative estimate of drug-likeness (QED) is 0.361. The van der Waals surface area contributed by atoms with Crippen molar-refractivity contribution in [2.45, 2.75) is 12.6 Å². The number of guanidine groups is 1. The van der Waals surface area contributed by atoms with E-state index in [-0.39, 0.29) is 0 Å². The van der Waals surface area contributed by atoms with Crippen LogP contribution in [-0.2, 0) is 6.54 Å². The Morgan fingerprint density at radius 3 is 2.63 bits per heavy atom. The summed E-state index contributed by atoms with van der Waals surface area (Å²) in [6, 6.07) is 20.1. The van der Waals surface area contributed by atoms with Crippen LogP contribution in [0.1, 0.15) is 16.7 Å². The first-order chi connectivity index (χ1) is 13.2. The number of nitrogens with zero attached hydrogens (tertiary/aromatic N) is 1. The molecule has 0 saturated carbocycles. The third kappa shape index (κ3) is 3.97. The van der Waals surface area contributed by atoms with Crippen LogP contribution in [0.2, 0.25) is 0 Å². The van der Waals surface area contributed by atoms with Gasteiger partial charge in [0, 0.05) is 28.6 Å². The van der Waals surface area contributed by atoms with Crippen LogP contribution in [0.5, 0.6) is 0 Å². The fraction of sp³-hybridized carbons (Fsp3) is 0.190. The van der Waals surface area contributed by atoms with E-state index in [0.29, 0.717) is 19.0 Å². The molecule has 3 N–H and O–H groups in total. The molecule has 4 rings (SSSR count). The highest BCUT2D eigenvalue weighted by Gasteiger charge is 2.12. The molecule has 138 valence electrons. The van der Waals surface area contributed by atoms with E-state index in [1.807, 2.05) is 48.5 Å². The number of aliphatic hydroxyl groups is 1. The van der Waals surface area contributed by atoms with Crippen LogP contribution in [0.3, 0.4) is 0 Å². The molecule has 2 heterocycles. The molecule has 1 atom stereocenters. The first-order valence-electron chi connectivity index (χ1n) is 8.81. The maximum Gasteiger partial charge on any atom is 0.191 e. The maximum atomic E-state index is 10.5.